The van der Waals surface area contributed by atoms with E-state index >= 15 is 0 Å². The molecule has 4 heteroatoms. The van der Waals surface area contributed by atoms with Crippen molar-refractivity contribution in [3.63, 3.8) is 0 Å². The maximum Gasteiger partial charge on any atom is 0.358 e. The second-order valence-corrected chi connectivity index (χ2v) is 5.21. The second-order valence-electron chi connectivity index (χ2n) is 5.21. The summed E-state index contributed by atoms with van der Waals surface area (Å²) < 4.78 is 4.62. The fourth-order valence-corrected chi connectivity index (χ4v) is 2.71. The van der Waals surface area contributed by atoms with E-state index in [0.29, 0.717) is 19.0 Å². The predicted octanol–water partition coefficient (Wildman–Crippen LogP) is 2.87. The summed E-state index contributed by atoms with van der Waals surface area (Å²) in [4.78, 5) is 20.6. The normalized spacial score (nSPS) is 23.6. The summed E-state index contributed by atoms with van der Waals surface area (Å²) in [5.41, 5.74) is 0. The topological polar surface area (TPSA) is 63.3 Å². The van der Waals surface area contributed by atoms with Crippen molar-refractivity contribution >= 4 is 12.4 Å². The molecule has 0 aliphatic heterocycles. The molecule has 1 fully saturated rings. The Morgan fingerprint density at radius 1 is 1.06 bits per heavy atom. The van der Waals surface area contributed by atoms with Crippen LogP contribution in [0.5, 0.6) is 0 Å². The lowest BCUT2D eigenvalue weighted by atomic mass is 9.80. The van der Waals surface area contributed by atoms with Crippen LogP contribution in [0, 0.1) is 11.8 Å². The molecular weight excluding hydrogens is 232 g/mol. The van der Waals surface area contributed by atoms with E-state index in [1.165, 1.54) is 19.3 Å². The molecule has 0 atom stereocenters. The summed E-state index contributed by atoms with van der Waals surface area (Å²) in [7, 11) is 0. The number of unbranched alkanes of at least 4 members (excludes halogenated alkanes) is 3. The molecule has 0 unspecified atom stereocenters. The van der Waals surface area contributed by atoms with E-state index in [-0.39, 0.29) is 5.92 Å². The predicted molar refractivity (Wildman–Crippen MR) is 66.2 cm³/mol. The first kappa shape index (κ1) is 15.0. The summed E-state index contributed by atoms with van der Waals surface area (Å²) in [6.45, 7) is 1.02. The Bertz CT molecular complexity index is 244. The van der Waals surface area contributed by atoms with Crippen LogP contribution in [-0.4, -0.2) is 19.0 Å². The summed E-state index contributed by atoms with van der Waals surface area (Å²) in [6, 6.07) is 0. The summed E-state index contributed by atoms with van der Waals surface area (Å²) >= 11 is 0. The van der Waals surface area contributed by atoms with Gasteiger partial charge in [-0.05, 0) is 38.0 Å². The Hall–Kier alpha value is -1.06. The van der Waals surface area contributed by atoms with Crippen molar-refractivity contribution in [3.8, 4) is 0 Å². The van der Waals surface area contributed by atoms with E-state index in [1.54, 1.807) is 0 Å². The molecule has 0 aromatic rings. The Balaban J connectivity index is 1.94. The quantitative estimate of drug-likeness (QED) is 0.470. The minimum Gasteiger partial charge on any atom is -0.468 e. The highest BCUT2D eigenvalue weighted by Crippen LogP contribution is 2.32. The van der Waals surface area contributed by atoms with Crippen molar-refractivity contribution in [3.05, 3.63) is 0 Å². The fourth-order valence-electron chi connectivity index (χ4n) is 2.71. The molecule has 0 aromatic carbocycles. The van der Waals surface area contributed by atoms with Gasteiger partial charge in [-0.3, -0.25) is 4.79 Å². The number of ether oxygens (including phenoxy) is 1. The van der Waals surface area contributed by atoms with Crippen molar-refractivity contribution in [2.24, 2.45) is 11.8 Å². The van der Waals surface area contributed by atoms with Crippen LogP contribution < -0.4 is 0 Å². The van der Waals surface area contributed by atoms with E-state index in [2.05, 4.69) is 4.74 Å². The van der Waals surface area contributed by atoms with E-state index in [4.69, 9.17) is 0 Å². The van der Waals surface area contributed by atoms with Gasteiger partial charge in [0.1, 0.15) is 0 Å². The van der Waals surface area contributed by atoms with Gasteiger partial charge < -0.3 is 4.74 Å². The average molecular weight is 255 g/mol. The first-order valence-electron chi connectivity index (χ1n) is 7.00. The molecule has 0 N–H and O–H groups in total. The van der Waals surface area contributed by atoms with Crippen LogP contribution in [0.4, 0.5) is 0 Å². The number of carbonyl (C=O) groups is 2. The average Bonchev–Trinajstić information content (AvgIpc) is 2.38. The van der Waals surface area contributed by atoms with Crippen molar-refractivity contribution in [1.82, 2.24) is 0 Å². The standard InChI is InChI=1S/C14H23O4/c15-11-18-10-4-2-1-3-5-12-6-8-13(9-7-12)14(16)17/h11-13H,1-10H2. The number of hydrogen-bond acceptors (Lipinski definition) is 3. The molecule has 1 aliphatic rings. The third kappa shape index (κ3) is 6.03. The van der Waals surface area contributed by atoms with Gasteiger partial charge in [-0.15, -0.1) is 0 Å². The van der Waals surface area contributed by atoms with Crippen LogP contribution in [-0.2, 0) is 19.4 Å². The lowest BCUT2D eigenvalue weighted by Gasteiger charge is -2.25. The number of rotatable bonds is 9. The van der Waals surface area contributed by atoms with Crippen molar-refractivity contribution in [2.75, 3.05) is 6.61 Å². The maximum absolute atomic E-state index is 10.7. The van der Waals surface area contributed by atoms with Crippen LogP contribution in [0.3, 0.4) is 0 Å². The lowest BCUT2D eigenvalue weighted by Crippen LogP contribution is -2.20. The Kier molecular flexibility index (Phi) is 7.46. The van der Waals surface area contributed by atoms with Crippen LogP contribution >= 0.6 is 0 Å². The highest BCUT2D eigenvalue weighted by atomic mass is 16.5. The van der Waals surface area contributed by atoms with E-state index in [0.717, 1.165) is 38.5 Å². The van der Waals surface area contributed by atoms with Gasteiger partial charge in [0, 0.05) is 0 Å². The molecule has 0 saturated heterocycles. The molecule has 18 heavy (non-hydrogen) atoms. The largest absolute Gasteiger partial charge is 0.468 e. The third-order valence-corrected chi connectivity index (χ3v) is 3.87. The monoisotopic (exact) mass is 255 g/mol. The van der Waals surface area contributed by atoms with Gasteiger partial charge >= 0.3 is 5.97 Å². The molecule has 0 spiro atoms. The van der Waals surface area contributed by atoms with Gasteiger partial charge in [0.25, 0.3) is 6.47 Å². The first-order valence-corrected chi connectivity index (χ1v) is 7.00. The van der Waals surface area contributed by atoms with Gasteiger partial charge in [0.2, 0.25) is 0 Å². The highest BCUT2D eigenvalue weighted by molar-refractivity contribution is 5.69. The van der Waals surface area contributed by atoms with Crippen LogP contribution in [0.15, 0.2) is 0 Å². The Morgan fingerprint density at radius 2 is 1.72 bits per heavy atom. The van der Waals surface area contributed by atoms with Gasteiger partial charge in [-0.2, -0.15) is 0 Å². The van der Waals surface area contributed by atoms with Crippen molar-refractivity contribution < 1.29 is 19.4 Å². The van der Waals surface area contributed by atoms with Gasteiger partial charge in [-0.1, -0.05) is 25.7 Å². The van der Waals surface area contributed by atoms with Gasteiger partial charge in [-0.25, -0.2) is 9.90 Å². The zero-order valence-electron chi connectivity index (χ0n) is 10.9. The summed E-state index contributed by atoms with van der Waals surface area (Å²) in [6.07, 6.45) is 9.26. The molecule has 103 valence electrons. The number of carbonyl (C=O) groups excluding carboxylic acids is 2. The van der Waals surface area contributed by atoms with E-state index in [1.807, 2.05) is 0 Å². The number of hydrogen-bond donors (Lipinski definition) is 0. The van der Waals surface area contributed by atoms with Crippen molar-refractivity contribution in [2.45, 2.75) is 57.8 Å². The minimum absolute atomic E-state index is 0.207. The van der Waals surface area contributed by atoms with Gasteiger partial charge in [0.05, 0.1) is 12.5 Å². The Labute approximate surface area is 109 Å². The summed E-state index contributed by atoms with van der Waals surface area (Å²) in [5, 5.41) is 10.7. The first-order chi connectivity index (χ1) is 8.74. The SMILES string of the molecule is [O]C(=O)C1CCC(CCCCCCOC=O)CC1. The van der Waals surface area contributed by atoms with Crippen LogP contribution in [0.2, 0.25) is 0 Å². The minimum atomic E-state index is -0.872. The zero-order valence-corrected chi connectivity index (χ0v) is 10.9. The summed E-state index contributed by atoms with van der Waals surface area (Å²) in [5.74, 6) is -0.378. The second kappa shape index (κ2) is 8.95. The molecule has 0 bridgehead atoms. The Morgan fingerprint density at radius 3 is 2.33 bits per heavy atom. The smallest absolute Gasteiger partial charge is 0.358 e. The molecule has 0 aromatic heterocycles. The molecule has 0 amide bonds. The molecular formula is C14H23O4. The van der Waals surface area contributed by atoms with Gasteiger partial charge in [0.15, 0.2) is 0 Å². The molecule has 1 radical (unpaired) electrons. The molecule has 0 heterocycles. The highest BCUT2D eigenvalue weighted by Gasteiger charge is 2.26. The molecule has 1 saturated carbocycles. The zero-order chi connectivity index (χ0) is 13.2. The van der Waals surface area contributed by atoms with E-state index in [9.17, 15) is 14.7 Å². The van der Waals surface area contributed by atoms with Crippen LogP contribution in [0.25, 0.3) is 0 Å². The lowest BCUT2D eigenvalue weighted by molar-refractivity contribution is -0.149. The van der Waals surface area contributed by atoms with Crippen LogP contribution in [0.1, 0.15) is 57.8 Å². The third-order valence-electron chi connectivity index (χ3n) is 3.87. The van der Waals surface area contributed by atoms with Crippen molar-refractivity contribution in [1.29, 1.82) is 0 Å². The molecule has 4 nitrogen and oxygen atoms in total. The maximum atomic E-state index is 10.7. The molecule has 1 aliphatic carbocycles. The fraction of sp³-hybridized carbons (Fsp3) is 0.857. The molecule has 1 rings (SSSR count). The van der Waals surface area contributed by atoms with E-state index < -0.39 is 5.97 Å².